The van der Waals surface area contributed by atoms with Crippen LogP contribution in [-0.2, 0) is 10.3 Å². The molecule has 0 amide bonds. The van der Waals surface area contributed by atoms with E-state index in [4.69, 9.17) is 9.63 Å². The Morgan fingerprint density at radius 2 is 2.15 bits per heavy atom. The maximum absolute atomic E-state index is 10.7. The third-order valence-electron chi connectivity index (χ3n) is 2.62. The Balaban J connectivity index is 2.49. The van der Waals surface area contributed by atoms with Crippen LogP contribution in [0.15, 0.2) is 15.9 Å². The molecule has 2 aromatic heterocycles. The second-order valence-electron chi connectivity index (χ2n) is 5.29. The monoisotopic (exact) mass is 296 g/mol. The number of aryl methyl sites for hydroxylation is 1. The van der Waals surface area contributed by atoms with Gasteiger partial charge in [-0.2, -0.15) is 0 Å². The zero-order chi connectivity index (χ0) is 14.9. The van der Waals surface area contributed by atoms with Crippen LogP contribution in [0.25, 0.3) is 11.4 Å². The lowest BCUT2D eigenvalue weighted by molar-refractivity contribution is -0.133. The minimum atomic E-state index is -0.888. The molecule has 20 heavy (non-hydrogen) atoms. The molecule has 7 nitrogen and oxygen atoms in total. The van der Waals surface area contributed by atoms with Gasteiger partial charge < -0.3 is 9.63 Å². The van der Waals surface area contributed by atoms with Crippen molar-refractivity contribution in [3.63, 3.8) is 0 Å². The van der Waals surface area contributed by atoms with Crippen LogP contribution in [-0.4, -0.2) is 36.7 Å². The maximum Gasteiger partial charge on any atom is 0.313 e. The number of aromatic nitrogens is 4. The summed E-state index contributed by atoms with van der Waals surface area (Å²) in [6.45, 7) is 7.82. The average molecular weight is 296 g/mol. The summed E-state index contributed by atoms with van der Waals surface area (Å²) in [6.07, 6.45) is 1.59. The van der Waals surface area contributed by atoms with Crippen molar-refractivity contribution in [1.29, 1.82) is 0 Å². The highest BCUT2D eigenvalue weighted by Gasteiger charge is 2.26. The predicted octanol–water partition coefficient (Wildman–Crippen LogP) is 2.17. The van der Waals surface area contributed by atoms with E-state index in [1.165, 1.54) is 0 Å². The van der Waals surface area contributed by atoms with E-state index in [1.807, 2.05) is 25.3 Å². The third-order valence-corrected chi connectivity index (χ3v) is 3.53. The number of carboxylic acids is 1. The molecule has 0 spiro atoms. The number of aliphatic carboxylic acids is 1. The number of thioether (sulfide) groups is 1. The molecule has 0 unspecified atom stereocenters. The van der Waals surface area contributed by atoms with Gasteiger partial charge in [-0.3, -0.25) is 9.36 Å². The summed E-state index contributed by atoms with van der Waals surface area (Å²) in [5, 5.41) is 21.4. The molecule has 0 aliphatic carbocycles. The molecule has 0 bridgehead atoms. The summed E-state index contributed by atoms with van der Waals surface area (Å²) in [4.78, 5) is 10.7. The summed E-state index contributed by atoms with van der Waals surface area (Å²) < 4.78 is 6.96. The van der Waals surface area contributed by atoms with Gasteiger partial charge in [-0.05, 0) is 27.7 Å². The number of rotatable bonds is 4. The van der Waals surface area contributed by atoms with Gasteiger partial charge in [-0.1, -0.05) is 16.9 Å². The fourth-order valence-electron chi connectivity index (χ4n) is 1.78. The number of hydrogen-bond donors (Lipinski definition) is 1. The normalized spacial score (nSPS) is 11.8. The summed E-state index contributed by atoms with van der Waals surface area (Å²) in [7, 11) is 0. The molecule has 2 heterocycles. The van der Waals surface area contributed by atoms with E-state index in [0.717, 1.165) is 17.3 Å². The highest BCUT2D eigenvalue weighted by Crippen LogP contribution is 2.31. The lowest BCUT2D eigenvalue weighted by atomic mass is 10.1. The van der Waals surface area contributed by atoms with E-state index >= 15 is 0 Å². The third kappa shape index (κ3) is 2.84. The van der Waals surface area contributed by atoms with E-state index in [1.54, 1.807) is 13.1 Å². The second kappa shape index (κ2) is 5.28. The van der Waals surface area contributed by atoms with Gasteiger partial charge in [0.2, 0.25) is 0 Å². The van der Waals surface area contributed by atoms with Crippen LogP contribution >= 0.6 is 11.8 Å². The minimum Gasteiger partial charge on any atom is -0.481 e. The molecule has 0 aliphatic heterocycles. The van der Waals surface area contributed by atoms with Gasteiger partial charge in [-0.25, -0.2) is 0 Å². The first kappa shape index (κ1) is 14.6. The summed E-state index contributed by atoms with van der Waals surface area (Å²) in [6, 6.07) is 0. The van der Waals surface area contributed by atoms with Crippen LogP contribution in [0.3, 0.4) is 0 Å². The molecule has 0 fully saturated rings. The first-order valence-corrected chi connectivity index (χ1v) is 7.01. The standard InChI is InChI=1S/C12H16N4O3S/c1-7-8(5-13-19-7)10-14-15-11(20-6-9(17)18)16(10)12(2,3)4/h5H,6H2,1-4H3,(H,17,18). The van der Waals surface area contributed by atoms with Crippen molar-refractivity contribution < 1.29 is 14.4 Å². The minimum absolute atomic E-state index is 0.0587. The zero-order valence-electron chi connectivity index (χ0n) is 11.7. The van der Waals surface area contributed by atoms with Gasteiger partial charge in [-0.15, -0.1) is 10.2 Å². The fourth-order valence-corrected chi connectivity index (χ4v) is 2.62. The fraction of sp³-hybridized carbons (Fsp3) is 0.500. The summed E-state index contributed by atoms with van der Waals surface area (Å²) in [5.41, 5.74) is 0.471. The lowest BCUT2D eigenvalue weighted by Gasteiger charge is -2.24. The molecular weight excluding hydrogens is 280 g/mol. The molecule has 0 aliphatic rings. The van der Waals surface area contributed by atoms with Crippen molar-refractivity contribution in [1.82, 2.24) is 19.9 Å². The Morgan fingerprint density at radius 3 is 2.65 bits per heavy atom. The maximum atomic E-state index is 10.7. The molecule has 0 saturated carbocycles. The van der Waals surface area contributed by atoms with Crippen LogP contribution in [0.5, 0.6) is 0 Å². The summed E-state index contributed by atoms with van der Waals surface area (Å²) >= 11 is 1.14. The number of hydrogen-bond acceptors (Lipinski definition) is 6. The summed E-state index contributed by atoms with van der Waals surface area (Å²) in [5.74, 6) is 0.333. The van der Waals surface area contributed by atoms with E-state index in [9.17, 15) is 4.79 Å². The van der Waals surface area contributed by atoms with Crippen molar-refractivity contribution in [3.05, 3.63) is 12.0 Å². The number of nitrogens with zero attached hydrogens (tertiary/aromatic N) is 4. The zero-order valence-corrected chi connectivity index (χ0v) is 12.6. The Morgan fingerprint density at radius 1 is 1.45 bits per heavy atom. The number of carbonyl (C=O) groups is 1. The van der Waals surface area contributed by atoms with Crippen molar-refractivity contribution in [2.75, 3.05) is 5.75 Å². The molecule has 1 N–H and O–H groups in total. The van der Waals surface area contributed by atoms with E-state index < -0.39 is 5.97 Å². The van der Waals surface area contributed by atoms with E-state index in [-0.39, 0.29) is 11.3 Å². The Bertz CT molecular complexity index is 627. The SMILES string of the molecule is Cc1oncc1-c1nnc(SCC(=O)O)n1C(C)(C)C. The van der Waals surface area contributed by atoms with Gasteiger partial charge >= 0.3 is 5.97 Å². The van der Waals surface area contributed by atoms with Crippen LogP contribution in [0.1, 0.15) is 26.5 Å². The average Bonchev–Trinajstić information content (AvgIpc) is 2.90. The van der Waals surface area contributed by atoms with Crippen LogP contribution in [0.4, 0.5) is 0 Å². The highest BCUT2D eigenvalue weighted by molar-refractivity contribution is 7.99. The molecule has 0 aromatic carbocycles. The molecule has 0 saturated heterocycles. The Hall–Kier alpha value is -1.83. The van der Waals surface area contributed by atoms with Crippen molar-refractivity contribution in [2.45, 2.75) is 38.4 Å². The Labute approximate surface area is 120 Å². The van der Waals surface area contributed by atoms with Gasteiger partial charge in [0, 0.05) is 5.54 Å². The van der Waals surface area contributed by atoms with Gasteiger partial charge in [0.25, 0.3) is 0 Å². The first-order chi connectivity index (χ1) is 9.30. The van der Waals surface area contributed by atoms with Crippen LogP contribution in [0, 0.1) is 6.92 Å². The predicted molar refractivity (Wildman–Crippen MR) is 73.6 cm³/mol. The first-order valence-electron chi connectivity index (χ1n) is 6.03. The topological polar surface area (TPSA) is 94.0 Å². The van der Waals surface area contributed by atoms with Crippen LogP contribution < -0.4 is 0 Å². The van der Waals surface area contributed by atoms with Crippen molar-refractivity contribution in [2.24, 2.45) is 0 Å². The molecule has 0 atom stereocenters. The van der Waals surface area contributed by atoms with Crippen molar-refractivity contribution >= 4 is 17.7 Å². The lowest BCUT2D eigenvalue weighted by Crippen LogP contribution is -2.24. The van der Waals surface area contributed by atoms with Gasteiger partial charge in [0.05, 0.1) is 17.5 Å². The molecular formula is C12H16N4O3S. The molecule has 108 valence electrons. The van der Waals surface area contributed by atoms with E-state index in [2.05, 4.69) is 15.4 Å². The van der Waals surface area contributed by atoms with Gasteiger partial charge in [0.1, 0.15) is 5.76 Å². The van der Waals surface area contributed by atoms with Crippen LogP contribution in [0.2, 0.25) is 0 Å². The van der Waals surface area contributed by atoms with E-state index in [0.29, 0.717) is 16.7 Å². The Kier molecular flexibility index (Phi) is 3.85. The number of carboxylic acid groups (broad SMARTS) is 1. The van der Waals surface area contributed by atoms with Crippen molar-refractivity contribution in [3.8, 4) is 11.4 Å². The second-order valence-corrected chi connectivity index (χ2v) is 6.23. The largest absolute Gasteiger partial charge is 0.481 e. The molecule has 8 heteroatoms. The van der Waals surface area contributed by atoms with Gasteiger partial charge in [0.15, 0.2) is 11.0 Å². The molecule has 0 radical (unpaired) electrons. The highest BCUT2D eigenvalue weighted by atomic mass is 32.2. The smallest absolute Gasteiger partial charge is 0.313 e. The molecule has 2 rings (SSSR count). The molecule has 2 aromatic rings. The quantitative estimate of drug-likeness (QED) is 0.864.